The van der Waals surface area contributed by atoms with Gasteiger partial charge in [-0.2, -0.15) is 0 Å². The van der Waals surface area contributed by atoms with E-state index in [9.17, 15) is 0 Å². The van der Waals surface area contributed by atoms with Gasteiger partial charge in [-0.15, -0.1) is 0 Å². The fourth-order valence-electron chi connectivity index (χ4n) is 0.456. The fourth-order valence-corrected chi connectivity index (χ4v) is 1.29. The molecule has 0 saturated carbocycles. The first-order valence-electron chi connectivity index (χ1n) is 2.30. The molecule has 1 fully saturated rings. The van der Waals surface area contributed by atoms with Gasteiger partial charge in [0.2, 0.25) is 4.30 Å². The molecule has 0 spiro atoms. The molecule has 0 amide bonds. The smallest absolute Gasteiger partial charge is 0.210 e. The minimum atomic E-state index is -0.0152. The Morgan fingerprint density at radius 1 is 1.12 bits per heavy atom. The third-order valence-electron chi connectivity index (χ3n) is 0.816. The maximum atomic E-state index is 5.15. The van der Waals surface area contributed by atoms with Crippen molar-refractivity contribution in [1.29, 1.82) is 0 Å². The van der Waals surface area contributed by atoms with Crippen LogP contribution in [0.4, 0.5) is 0 Å². The first-order chi connectivity index (χ1) is 3.79. The predicted octanol–water partition coefficient (Wildman–Crippen LogP) is 1.56. The summed E-state index contributed by atoms with van der Waals surface area (Å²) in [5.41, 5.74) is 0. The number of halogens is 2. The normalized spacial score (nSPS) is 39.8. The van der Waals surface area contributed by atoms with Crippen molar-refractivity contribution in [3.8, 4) is 0 Å². The zero-order valence-corrected chi connectivity index (χ0v) is 8.46. The maximum Gasteiger partial charge on any atom is 0.210 e. The fraction of sp³-hybridized carbons (Fsp3) is 1.00. The van der Waals surface area contributed by atoms with E-state index in [0.29, 0.717) is 3.92 Å². The largest absolute Gasteiger partial charge is 0.343 e. The first-order valence-corrected chi connectivity index (χ1v) is 4.79. The molecular weight excluding hydrogens is 334 g/mol. The first kappa shape index (κ1) is 7.49. The van der Waals surface area contributed by atoms with Crippen LogP contribution < -0.4 is 0 Å². The van der Waals surface area contributed by atoms with Crippen LogP contribution in [0.1, 0.15) is 0 Å². The zero-order valence-electron chi connectivity index (χ0n) is 4.14. The van der Waals surface area contributed by atoms with Crippen LogP contribution in [0.2, 0.25) is 0 Å². The summed E-state index contributed by atoms with van der Waals surface area (Å²) in [6.07, 6.45) is 0. The van der Waals surface area contributed by atoms with E-state index in [4.69, 9.17) is 9.47 Å². The molecular formula is C4H6I2O2. The van der Waals surface area contributed by atoms with Crippen molar-refractivity contribution < 1.29 is 9.47 Å². The Morgan fingerprint density at radius 3 is 2.00 bits per heavy atom. The molecule has 0 aromatic heterocycles. The Hall–Kier alpha value is 1.38. The third kappa shape index (κ3) is 2.32. The van der Waals surface area contributed by atoms with Crippen LogP contribution >= 0.6 is 45.2 Å². The van der Waals surface area contributed by atoms with Crippen molar-refractivity contribution in [3.05, 3.63) is 0 Å². The second-order valence-electron chi connectivity index (χ2n) is 1.54. The molecule has 0 aromatic carbocycles. The van der Waals surface area contributed by atoms with Gasteiger partial charge in [-0.25, -0.2) is 0 Å². The molecule has 0 N–H and O–H groups in total. The lowest BCUT2D eigenvalue weighted by atomic mass is 10.5. The highest BCUT2D eigenvalue weighted by atomic mass is 127. The van der Waals surface area contributed by atoms with Gasteiger partial charge in [0.1, 0.15) is 0 Å². The van der Waals surface area contributed by atoms with Gasteiger partial charge in [0.15, 0.2) is 0 Å². The summed E-state index contributed by atoms with van der Waals surface area (Å²) in [5.74, 6) is 0. The van der Waals surface area contributed by atoms with Crippen LogP contribution in [0.5, 0.6) is 0 Å². The summed E-state index contributed by atoms with van der Waals surface area (Å²) in [6, 6.07) is 0. The number of ether oxygens (including phenoxy) is 2. The lowest BCUT2D eigenvalue weighted by Crippen LogP contribution is -2.28. The summed E-state index contributed by atoms with van der Waals surface area (Å²) in [6.45, 7) is 1.66. The average Bonchev–Trinajstić information content (AvgIpc) is 1.77. The minimum Gasteiger partial charge on any atom is -0.343 e. The van der Waals surface area contributed by atoms with Gasteiger partial charge < -0.3 is 9.47 Å². The number of hydrogen-bond acceptors (Lipinski definition) is 2. The predicted molar refractivity (Wildman–Crippen MR) is 47.5 cm³/mol. The molecule has 0 bridgehead atoms. The summed E-state index contributed by atoms with van der Waals surface area (Å²) in [4.78, 5) is 0. The van der Waals surface area contributed by atoms with Crippen molar-refractivity contribution in [2.75, 3.05) is 13.2 Å². The monoisotopic (exact) mass is 340 g/mol. The lowest BCUT2D eigenvalue weighted by Gasteiger charge is -2.21. The molecule has 0 unspecified atom stereocenters. The topological polar surface area (TPSA) is 18.5 Å². The Labute approximate surface area is 75.6 Å². The van der Waals surface area contributed by atoms with Crippen molar-refractivity contribution in [2.45, 2.75) is 8.22 Å². The SMILES string of the molecule is IC1COC(I)OC1. The van der Waals surface area contributed by atoms with Crippen LogP contribution in [-0.4, -0.2) is 21.4 Å². The van der Waals surface area contributed by atoms with Crippen LogP contribution in [0.25, 0.3) is 0 Å². The van der Waals surface area contributed by atoms with Crippen LogP contribution in [-0.2, 0) is 9.47 Å². The molecule has 0 aliphatic carbocycles. The van der Waals surface area contributed by atoms with E-state index in [2.05, 4.69) is 45.2 Å². The minimum absolute atomic E-state index is 0.0152. The van der Waals surface area contributed by atoms with Crippen LogP contribution in [0, 0.1) is 0 Å². The van der Waals surface area contributed by atoms with Crippen LogP contribution in [0.3, 0.4) is 0 Å². The van der Waals surface area contributed by atoms with E-state index < -0.39 is 0 Å². The molecule has 1 saturated heterocycles. The molecule has 1 aliphatic heterocycles. The number of hydrogen-bond donors (Lipinski definition) is 0. The molecule has 8 heavy (non-hydrogen) atoms. The molecule has 2 nitrogen and oxygen atoms in total. The van der Waals surface area contributed by atoms with E-state index in [1.165, 1.54) is 0 Å². The third-order valence-corrected chi connectivity index (χ3v) is 2.25. The Bertz CT molecular complexity index is 60.4. The van der Waals surface area contributed by atoms with Gasteiger partial charge >= 0.3 is 0 Å². The highest BCUT2D eigenvalue weighted by Crippen LogP contribution is 2.15. The van der Waals surface area contributed by atoms with E-state index in [1.54, 1.807) is 0 Å². The number of rotatable bonds is 0. The molecule has 0 radical (unpaired) electrons. The van der Waals surface area contributed by atoms with Crippen molar-refractivity contribution in [1.82, 2.24) is 0 Å². The van der Waals surface area contributed by atoms with Gasteiger partial charge in [0, 0.05) is 0 Å². The molecule has 4 heteroatoms. The maximum absolute atomic E-state index is 5.15. The van der Waals surface area contributed by atoms with Gasteiger partial charge in [-0.05, 0) is 22.6 Å². The second kappa shape index (κ2) is 3.52. The molecule has 1 rings (SSSR count). The van der Waals surface area contributed by atoms with Crippen LogP contribution in [0.15, 0.2) is 0 Å². The van der Waals surface area contributed by atoms with E-state index in [-0.39, 0.29) is 4.30 Å². The molecule has 0 atom stereocenters. The van der Waals surface area contributed by atoms with E-state index in [0.717, 1.165) is 13.2 Å². The quantitative estimate of drug-likeness (QED) is 0.492. The Balaban J connectivity index is 2.19. The Morgan fingerprint density at radius 2 is 1.62 bits per heavy atom. The van der Waals surface area contributed by atoms with Gasteiger partial charge in [0.05, 0.1) is 17.1 Å². The van der Waals surface area contributed by atoms with E-state index >= 15 is 0 Å². The molecule has 48 valence electrons. The summed E-state index contributed by atoms with van der Waals surface area (Å²) in [5, 5.41) is 0. The molecule has 1 aliphatic rings. The summed E-state index contributed by atoms with van der Waals surface area (Å²) >= 11 is 4.43. The van der Waals surface area contributed by atoms with Gasteiger partial charge in [-0.1, -0.05) is 22.6 Å². The van der Waals surface area contributed by atoms with Crippen molar-refractivity contribution in [2.24, 2.45) is 0 Å². The Kier molecular flexibility index (Phi) is 3.30. The van der Waals surface area contributed by atoms with E-state index in [1.807, 2.05) is 0 Å². The number of alkyl halides is 2. The van der Waals surface area contributed by atoms with Gasteiger partial charge in [-0.3, -0.25) is 0 Å². The van der Waals surface area contributed by atoms with Crippen molar-refractivity contribution in [3.63, 3.8) is 0 Å². The summed E-state index contributed by atoms with van der Waals surface area (Å²) in [7, 11) is 0. The highest BCUT2D eigenvalue weighted by Gasteiger charge is 2.16. The summed E-state index contributed by atoms with van der Waals surface area (Å²) < 4.78 is 10.8. The highest BCUT2D eigenvalue weighted by molar-refractivity contribution is 14.1. The molecule has 0 aromatic rings. The van der Waals surface area contributed by atoms with Crippen molar-refractivity contribution >= 4 is 45.2 Å². The average molecular weight is 340 g/mol. The second-order valence-corrected chi connectivity index (χ2v) is 4.32. The standard InChI is InChI=1S/C4H6I2O2/c5-3-1-7-4(6)8-2-3/h3-4H,1-2H2. The van der Waals surface area contributed by atoms with Gasteiger partial charge in [0.25, 0.3) is 0 Å². The molecule has 1 heterocycles. The lowest BCUT2D eigenvalue weighted by molar-refractivity contribution is -0.105. The zero-order chi connectivity index (χ0) is 5.98.